The van der Waals surface area contributed by atoms with Crippen LogP contribution in [0.5, 0.6) is 0 Å². The zero-order valence-electron chi connectivity index (χ0n) is 11.6. The molecule has 0 spiro atoms. The van der Waals surface area contributed by atoms with Gasteiger partial charge in [-0.2, -0.15) is 4.98 Å². The average molecular weight is 370 g/mol. The van der Waals surface area contributed by atoms with Gasteiger partial charge in [0.15, 0.2) is 5.82 Å². The van der Waals surface area contributed by atoms with E-state index in [2.05, 4.69) is 20.3 Å². The second-order valence-electron chi connectivity index (χ2n) is 4.74. The molecule has 0 radical (unpaired) electrons. The van der Waals surface area contributed by atoms with E-state index in [0.717, 1.165) is 5.69 Å². The van der Waals surface area contributed by atoms with Gasteiger partial charge >= 0.3 is 0 Å². The molecule has 23 heavy (non-hydrogen) atoms. The van der Waals surface area contributed by atoms with Crippen molar-refractivity contribution >= 4 is 63.3 Å². The molecular formula is C14H11Cl3N6. The summed E-state index contributed by atoms with van der Waals surface area (Å²) in [6, 6.07) is 6.80. The van der Waals surface area contributed by atoms with Crippen molar-refractivity contribution < 1.29 is 0 Å². The van der Waals surface area contributed by atoms with Crippen molar-refractivity contribution in [3.8, 4) is 0 Å². The first-order valence-corrected chi connectivity index (χ1v) is 7.64. The van der Waals surface area contributed by atoms with Crippen LogP contribution in [0.25, 0.3) is 11.0 Å². The smallest absolute Gasteiger partial charge is 0.222 e. The molecular weight excluding hydrogens is 359 g/mol. The van der Waals surface area contributed by atoms with E-state index in [1.165, 1.54) is 0 Å². The van der Waals surface area contributed by atoms with Gasteiger partial charge in [0.05, 0.1) is 33.5 Å². The zero-order valence-corrected chi connectivity index (χ0v) is 13.9. The predicted octanol–water partition coefficient (Wildman–Crippen LogP) is 3.76. The van der Waals surface area contributed by atoms with E-state index < -0.39 is 0 Å². The van der Waals surface area contributed by atoms with Gasteiger partial charge in [0, 0.05) is 5.02 Å². The molecule has 0 amide bonds. The Bertz CT molecular complexity index is 876. The highest BCUT2D eigenvalue weighted by Crippen LogP contribution is 2.33. The molecule has 0 aliphatic rings. The molecule has 3 aromatic rings. The molecule has 0 unspecified atom stereocenters. The molecule has 9 heteroatoms. The summed E-state index contributed by atoms with van der Waals surface area (Å²) in [5, 5.41) is 4.46. The summed E-state index contributed by atoms with van der Waals surface area (Å²) in [6.45, 7) is 0.390. The van der Waals surface area contributed by atoms with E-state index in [1.807, 2.05) is 0 Å². The van der Waals surface area contributed by atoms with Gasteiger partial charge in [0.25, 0.3) is 0 Å². The first-order valence-electron chi connectivity index (χ1n) is 6.51. The van der Waals surface area contributed by atoms with Crippen LogP contribution >= 0.6 is 34.8 Å². The Morgan fingerprint density at radius 3 is 2.35 bits per heavy atom. The van der Waals surface area contributed by atoms with Crippen molar-refractivity contribution in [2.45, 2.75) is 6.54 Å². The van der Waals surface area contributed by atoms with Crippen molar-refractivity contribution in [2.24, 2.45) is 0 Å². The Morgan fingerprint density at radius 2 is 1.65 bits per heavy atom. The molecule has 0 saturated heterocycles. The lowest BCUT2D eigenvalue weighted by Crippen LogP contribution is -2.06. The number of rotatable bonds is 3. The summed E-state index contributed by atoms with van der Waals surface area (Å²) < 4.78 is 0. The summed E-state index contributed by atoms with van der Waals surface area (Å²) >= 11 is 18.2. The summed E-state index contributed by atoms with van der Waals surface area (Å²) in [4.78, 5) is 12.4. The number of pyridine rings is 1. The normalized spacial score (nSPS) is 10.9. The van der Waals surface area contributed by atoms with Crippen molar-refractivity contribution in [1.29, 1.82) is 0 Å². The number of fused-ring (bicyclic) bond motifs is 1. The third kappa shape index (κ3) is 3.34. The fourth-order valence-electron chi connectivity index (χ4n) is 2.08. The standard InChI is InChI=1S/C14H11Cl3N6/c15-6-3-8(16)11(9(17)4-6)20-5-7-1-2-10-12(21-7)13(18)23-14(19)22-10/h1-4,20H,5H2,(H4,18,19,22,23). The van der Waals surface area contributed by atoms with Gasteiger partial charge < -0.3 is 16.8 Å². The molecule has 118 valence electrons. The van der Waals surface area contributed by atoms with Crippen LogP contribution in [-0.2, 0) is 6.54 Å². The van der Waals surface area contributed by atoms with Crippen LogP contribution < -0.4 is 16.8 Å². The molecule has 0 aliphatic carbocycles. The van der Waals surface area contributed by atoms with Crippen molar-refractivity contribution in [3.63, 3.8) is 0 Å². The fraction of sp³-hybridized carbons (Fsp3) is 0.0714. The Morgan fingerprint density at radius 1 is 0.957 bits per heavy atom. The highest BCUT2D eigenvalue weighted by molar-refractivity contribution is 6.41. The lowest BCUT2D eigenvalue weighted by Gasteiger charge is -2.11. The maximum Gasteiger partial charge on any atom is 0.222 e. The quantitative estimate of drug-likeness (QED) is 0.649. The second-order valence-corrected chi connectivity index (χ2v) is 5.99. The highest BCUT2D eigenvalue weighted by Gasteiger charge is 2.09. The van der Waals surface area contributed by atoms with Gasteiger partial charge in [-0.1, -0.05) is 34.8 Å². The minimum absolute atomic E-state index is 0.113. The molecule has 0 atom stereocenters. The molecule has 3 rings (SSSR count). The molecule has 6 nitrogen and oxygen atoms in total. The van der Waals surface area contributed by atoms with E-state index in [-0.39, 0.29) is 11.8 Å². The monoisotopic (exact) mass is 368 g/mol. The number of halogens is 3. The molecule has 0 bridgehead atoms. The van der Waals surface area contributed by atoms with E-state index >= 15 is 0 Å². The topological polar surface area (TPSA) is 103 Å². The first kappa shape index (κ1) is 15.9. The Kier molecular flexibility index (Phi) is 4.30. The van der Waals surface area contributed by atoms with Crippen LogP contribution in [0.1, 0.15) is 5.69 Å². The van der Waals surface area contributed by atoms with Crippen molar-refractivity contribution in [2.75, 3.05) is 16.8 Å². The molecule has 0 saturated carbocycles. The highest BCUT2D eigenvalue weighted by atomic mass is 35.5. The van der Waals surface area contributed by atoms with Gasteiger partial charge in [-0.15, -0.1) is 0 Å². The Hall–Kier alpha value is -2.02. The molecule has 2 aromatic heterocycles. The number of nitrogen functional groups attached to an aromatic ring is 2. The third-order valence-corrected chi connectivity index (χ3v) is 3.91. The molecule has 0 fully saturated rings. The number of nitrogens with zero attached hydrogens (tertiary/aromatic N) is 3. The zero-order chi connectivity index (χ0) is 16.6. The number of nitrogens with one attached hydrogen (secondary N) is 1. The van der Waals surface area contributed by atoms with Gasteiger partial charge in [-0.25, -0.2) is 9.97 Å². The van der Waals surface area contributed by atoms with Crippen LogP contribution in [0.3, 0.4) is 0 Å². The fourth-order valence-corrected chi connectivity index (χ4v) is 3.03. The van der Waals surface area contributed by atoms with Gasteiger partial charge in [-0.3, -0.25) is 0 Å². The van der Waals surface area contributed by atoms with Crippen LogP contribution in [0, 0.1) is 0 Å². The summed E-state index contributed by atoms with van der Waals surface area (Å²) in [6.07, 6.45) is 0. The second kappa shape index (κ2) is 6.23. The number of nitrogens with two attached hydrogens (primary N) is 2. The maximum atomic E-state index is 6.13. The van der Waals surface area contributed by atoms with Gasteiger partial charge in [-0.05, 0) is 24.3 Å². The predicted molar refractivity (Wildman–Crippen MR) is 95.0 cm³/mol. The molecule has 0 aliphatic heterocycles. The Balaban J connectivity index is 1.88. The van der Waals surface area contributed by atoms with Crippen LogP contribution in [-0.4, -0.2) is 15.0 Å². The number of hydrogen-bond donors (Lipinski definition) is 3. The maximum absolute atomic E-state index is 6.13. The summed E-state index contributed by atoms with van der Waals surface area (Å²) in [5.41, 5.74) is 13.8. The van der Waals surface area contributed by atoms with Crippen LogP contribution in [0.4, 0.5) is 17.5 Å². The van der Waals surface area contributed by atoms with Crippen LogP contribution in [0.2, 0.25) is 15.1 Å². The van der Waals surface area contributed by atoms with Crippen molar-refractivity contribution in [3.05, 3.63) is 45.0 Å². The molecule has 5 N–H and O–H groups in total. The SMILES string of the molecule is Nc1nc(N)c2nc(CNc3c(Cl)cc(Cl)cc3Cl)ccc2n1. The van der Waals surface area contributed by atoms with E-state index in [0.29, 0.717) is 38.3 Å². The summed E-state index contributed by atoms with van der Waals surface area (Å²) in [5.74, 6) is 0.347. The summed E-state index contributed by atoms with van der Waals surface area (Å²) in [7, 11) is 0. The minimum atomic E-state index is 0.113. The lowest BCUT2D eigenvalue weighted by atomic mass is 10.2. The number of anilines is 3. The van der Waals surface area contributed by atoms with E-state index in [1.54, 1.807) is 24.3 Å². The number of hydrogen-bond acceptors (Lipinski definition) is 6. The number of aromatic nitrogens is 3. The van der Waals surface area contributed by atoms with E-state index in [9.17, 15) is 0 Å². The van der Waals surface area contributed by atoms with Crippen molar-refractivity contribution in [1.82, 2.24) is 15.0 Å². The third-order valence-electron chi connectivity index (χ3n) is 3.10. The van der Waals surface area contributed by atoms with E-state index in [4.69, 9.17) is 46.3 Å². The number of benzene rings is 1. The van der Waals surface area contributed by atoms with Crippen LogP contribution in [0.15, 0.2) is 24.3 Å². The Labute approximate surface area is 146 Å². The largest absolute Gasteiger partial charge is 0.382 e. The van der Waals surface area contributed by atoms with Gasteiger partial charge in [0.2, 0.25) is 5.95 Å². The molecule has 1 aromatic carbocycles. The average Bonchev–Trinajstić information content (AvgIpc) is 2.46. The molecule has 2 heterocycles. The lowest BCUT2D eigenvalue weighted by molar-refractivity contribution is 1.06. The van der Waals surface area contributed by atoms with Gasteiger partial charge in [0.1, 0.15) is 5.52 Å². The first-order chi connectivity index (χ1) is 10.9. The minimum Gasteiger partial charge on any atom is -0.382 e.